The van der Waals surface area contributed by atoms with Gasteiger partial charge in [0.2, 0.25) is 5.43 Å². The first-order chi connectivity index (χ1) is 13.0. The standard InChI is InChI=1S/C20H16N2O4S/c1-10-6-11(2)18-13(7-10)17(23)14(9-26-18)19(24)22-20-21-15-5-4-12(25-3)8-16(15)27-20/h4-9H,1-3H3,(H,21,22,24). The number of methoxy groups -OCH3 is 1. The Morgan fingerprint density at radius 2 is 2.04 bits per heavy atom. The number of fused-ring (bicyclic) bond motifs is 2. The van der Waals surface area contributed by atoms with Gasteiger partial charge in [-0.25, -0.2) is 4.98 Å². The molecule has 7 heteroatoms. The van der Waals surface area contributed by atoms with Crippen LogP contribution in [0.1, 0.15) is 21.5 Å². The van der Waals surface area contributed by atoms with E-state index in [9.17, 15) is 9.59 Å². The average molecular weight is 380 g/mol. The van der Waals surface area contributed by atoms with Crippen molar-refractivity contribution >= 4 is 43.6 Å². The lowest BCUT2D eigenvalue weighted by Gasteiger charge is -2.05. The van der Waals surface area contributed by atoms with E-state index in [1.165, 1.54) is 17.6 Å². The van der Waals surface area contributed by atoms with Crippen LogP contribution in [0, 0.1) is 13.8 Å². The van der Waals surface area contributed by atoms with Gasteiger partial charge in [0.25, 0.3) is 5.91 Å². The van der Waals surface area contributed by atoms with Crippen LogP contribution in [0.25, 0.3) is 21.2 Å². The number of carbonyl (C=O) groups excluding carboxylic acids is 1. The van der Waals surface area contributed by atoms with Crippen LogP contribution in [0.4, 0.5) is 5.13 Å². The van der Waals surface area contributed by atoms with E-state index in [2.05, 4.69) is 10.3 Å². The van der Waals surface area contributed by atoms with Gasteiger partial charge in [-0.2, -0.15) is 0 Å². The van der Waals surface area contributed by atoms with Gasteiger partial charge >= 0.3 is 0 Å². The molecule has 27 heavy (non-hydrogen) atoms. The molecule has 136 valence electrons. The molecule has 0 bridgehead atoms. The molecule has 0 aliphatic carbocycles. The summed E-state index contributed by atoms with van der Waals surface area (Å²) in [6.07, 6.45) is 1.21. The maximum Gasteiger partial charge on any atom is 0.264 e. The molecule has 2 aromatic heterocycles. The van der Waals surface area contributed by atoms with Gasteiger partial charge in [-0.05, 0) is 49.2 Å². The Labute approximate surface area is 158 Å². The zero-order valence-electron chi connectivity index (χ0n) is 15.0. The lowest BCUT2D eigenvalue weighted by Crippen LogP contribution is -2.21. The lowest BCUT2D eigenvalue weighted by atomic mass is 10.1. The molecule has 0 saturated carbocycles. The van der Waals surface area contributed by atoms with Crippen LogP contribution in [0.15, 0.2) is 45.8 Å². The largest absolute Gasteiger partial charge is 0.497 e. The minimum absolute atomic E-state index is 0.0515. The quantitative estimate of drug-likeness (QED) is 0.574. The number of hydrogen-bond acceptors (Lipinski definition) is 6. The van der Waals surface area contributed by atoms with Crippen molar-refractivity contribution in [2.75, 3.05) is 12.4 Å². The molecule has 4 aromatic rings. The number of aryl methyl sites for hydroxylation is 2. The third-order valence-electron chi connectivity index (χ3n) is 4.26. The van der Waals surface area contributed by atoms with Crippen molar-refractivity contribution in [3.63, 3.8) is 0 Å². The summed E-state index contributed by atoms with van der Waals surface area (Å²) in [7, 11) is 1.59. The van der Waals surface area contributed by atoms with Gasteiger partial charge in [0, 0.05) is 0 Å². The highest BCUT2D eigenvalue weighted by Crippen LogP contribution is 2.29. The Morgan fingerprint density at radius 1 is 1.22 bits per heavy atom. The van der Waals surface area contributed by atoms with E-state index in [0.717, 1.165) is 21.3 Å². The van der Waals surface area contributed by atoms with E-state index in [0.29, 0.717) is 21.9 Å². The van der Waals surface area contributed by atoms with E-state index in [1.54, 1.807) is 19.2 Å². The fourth-order valence-electron chi connectivity index (χ4n) is 3.00. The van der Waals surface area contributed by atoms with Crippen LogP contribution in [0.2, 0.25) is 0 Å². The molecule has 0 saturated heterocycles. The number of thiazole rings is 1. The average Bonchev–Trinajstić information content (AvgIpc) is 3.03. The Bertz CT molecular complexity index is 1260. The van der Waals surface area contributed by atoms with Crippen LogP contribution in [0.3, 0.4) is 0 Å². The minimum Gasteiger partial charge on any atom is -0.497 e. The number of nitrogens with one attached hydrogen (secondary N) is 1. The highest BCUT2D eigenvalue weighted by molar-refractivity contribution is 7.22. The normalized spacial score (nSPS) is 11.1. The topological polar surface area (TPSA) is 81.4 Å². The van der Waals surface area contributed by atoms with Gasteiger partial charge in [0.1, 0.15) is 23.2 Å². The fraction of sp³-hybridized carbons (Fsp3) is 0.150. The molecule has 0 atom stereocenters. The van der Waals surface area contributed by atoms with E-state index in [1.807, 2.05) is 32.0 Å². The summed E-state index contributed by atoms with van der Waals surface area (Å²) in [5, 5.41) is 3.49. The Kier molecular flexibility index (Phi) is 4.16. The number of aromatic nitrogens is 1. The second-order valence-corrected chi connectivity index (χ2v) is 7.27. The zero-order valence-corrected chi connectivity index (χ0v) is 15.8. The van der Waals surface area contributed by atoms with Crippen LogP contribution in [-0.4, -0.2) is 18.0 Å². The summed E-state index contributed by atoms with van der Waals surface area (Å²) in [5.41, 5.74) is 2.62. The predicted molar refractivity (Wildman–Crippen MR) is 106 cm³/mol. The lowest BCUT2D eigenvalue weighted by molar-refractivity contribution is 0.102. The van der Waals surface area contributed by atoms with E-state index >= 15 is 0 Å². The Balaban J connectivity index is 1.71. The molecular weight excluding hydrogens is 364 g/mol. The van der Waals surface area contributed by atoms with Gasteiger partial charge in [0.05, 0.1) is 22.7 Å². The summed E-state index contributed by atoms with van der Waals surface area (Å²) in [4.78, 5) is 29.8. The van der Waals surface area contributed by atoms with Crippen molar-refractivity contribution in [2.24, 2.45) is 0 Å². The third kappa shape index (κ3) is 3.06. The van der Waals surface area contributed by atoms with Gasteiger partial charge in [-0.1, -0.05) is 17.4 Å². The first kappa shape index (κ1) is 17.2. The number of benzene rings is 2. The van der Waals surface area contributed by atoms with Crippen molar-refractivity contribution < 1.29 is 13.9 Å². The SMILES string of the molecule is COc1ccc2nc(NC(=O)c3coc4c(C)cc(C)cc4c3=O)sc2c1. The number of amides is 1. The fourth-order valence-corrected chi connectivity index (χ4v) is 3.89. The van der Waals surface area contributed by atoms with E-state index < -0.39 is 5.91 Å². The molecule has 0 aliphatic heterocycles. The summed E-state index contributed by atoms with van der Waals surface area (Å²) in [6, 6.07) is 9.13. The van der Waals surface area contributed by atoms with Crippen molar-refractivity contribution in [3.05, 3.63) is 63.5 Å². The first-order valence-corrected chi connectivity index (χ1v) is 9.06. The number of nitrogens with zero attached hydrogens (tertiary/aromatic N) is 1. The molecule has 2 aromatic carbocycles. The van der Waals surface area contributed by atoms with Gasteiger partial charge in [0.15, 0.2) is 5.13 Å². The number of anilines is 1. The minimum atomic E-state index is -0.546. The van der Waals surface area contributed by atoms with Crippen LogP contribution >= 0.6 is 11.3 Å². The van der Waals surface area contributed by atoms with E-state index in [4.69, 9.17) is 9.15 Å². The number of ether oxygens (including phenoxy) is 1. The molecule has 6 nitrogen and oxygen atoms in total. The molecule has 0 spiro atoms. The third-order valence-corrected chi connectivity index (χ3v) is 5.20. The predicted octanol–water partition coefficient (Wildman–Crippen LogP) is 4.28. The second-order valence-electron chi connectivity index (χ2n) is 6.24. The molecule has 4 rings (SSSR count). The maximum absolute atomic E-state index is 12.8. The summed E-state index contributed by atoms with van der Waals surface area (Å²) >= 11 is 1.31. The van der Waals surface area contributed by atoms with Crippen molar-refractivity contribution in [3.8, 4) is 5.75 Å². The Morgan fingerprint density at radius 3 is 2.81 bits per heavy atom. The second kappa shape index (κ2) is 6.51. The smallest absolute Gasteiger partial charge is 0.264 e. The number of rotatable bonds is 3. The summed E-state index contributed by atoms with van der Waals surface area (Å²) < 4.78 is 11.6. The highest BCUT2D eigenvalue weighted by atomic mass is 32.1. The maximum atomic E-state index is 12.8. The zero-order chi connectivity index (χ0) is 19.1. The summed E-state index contributed by atoms with van der Waals surface area (Å²) in [6.45, 7) is 3.77. The Hall–Kier alpha value is -3.19. The molecule has 0 fully saturated rings. The first-order valence-electron chi connectivity index (χ1n) is 8.25. The van der Waals surface area contributed by atoms with Crippen molar-refractivity contribution in [1.82, 2.24) is 4.98 Å². The van der Waals surface area contributed by atoms with Crippen LogP contribution < -0.4 is 15.5 Å². The van der Waals surface area contributed by atoms with Crippen molar-refractivity contribution in [2.45, 2.75) is 13.8 Å². The molecule has 0 aliphatic rings. The molecular formula is C20H16N2O4S. The van der Waals surface area contributed by atoms with Gasteiger partial charge in [-0.15, -0.1) is 0 Å². The van der Waals surface area contributed by atoms with Gasteiger partial charge < -0.3 is 9.15 Å². The monoisotopic (exact) mass is 380 g/mol. The number of hydrogen-bond donors (Lipinski definition) is 1. The summed E-state index contributed by atoms with van der Waals surface area (Å²) in [5.74, 6) is 0.167. The molecule has 1 N–H and O–H groups in total. The number of carbonyl (C=O) groups is 1. The van der Waals surface area contributed by atoms with Crippen LogP contribution in [-0.2, 0) is 0 Å². The molecule has 0 unspecified atom stereocenters. The molecule has 2 heterocycles. The van der Waals surface area contributed by atoms with E-state index in [-0.39, 0.29) is 11.0 Å². The van der Waals surface area contributed by atoms with Gasteiger partial charge in [-0.3, -0.25) is 14.9 Å². The molecule has 1 amide bonds. The van der Waals surface area contributed by atoms with Crippen molar-refractivity contribution in [1.29, 1.82) is 0 Å². The highest BCUT2D eigenvalue weighted by Gasteiger charge is 2.17. The van der Waals surface area contributed by atoms with Crippen LogP contribution in [0.5, 0.6) is 5.75 Å². The molecule has 0 radical (unpaired) electrons.